The van der Waals surface area contributed by atoms with Crippen molar-refractivity contribution >= 4 is 22.8 Å². The third-order valence-corrected chi connectivity index (χ3v) is 4.14. The first-order valence-electron chi connectivity index (χ1n) is 5.75. The minimum atomic E-state index is 1.04. The molecule has 1 aromatic heterocycles. The van der Waals surface area contributed by atoms with Crippen LogP contribution in [0.25, 0.3) is 10.6 Å². The number of hydrogen-bond acceptors (Lipinski definition) is 4. The van der Waals surface area contributed by atoms with Crippen molar-refractivity contribution in [2.75, 3.05) is 30.9 Å². The molecule has 88 valence electrons. The average Bonchev–Trinajstić information content (AvgIpc) is 2.89. The normalized spacial score (nSPS) is 13.3. The van der Waals surface area contributed by atoms with Gasteiger partial charge in [0.2, 0.25) is 0 Å². The molecule has 0 saturated carbocycles. The Balaban J connectivity index is 1.92. The predicted molar refractivity (Wildman–Crippen MR) is 74.1 cm³/mol. The second-order valence-corrected chi connectivity index (χ2v) is 5.49. The van der Waals surface area contributed by atoms with E-state index >= 15 is 0 Å². The van der Waals surface area contributed by atoms with Gasteiger partial charge >= 0.3 is 0 Å². The number of anilines is 2. The quantitative estimate of drug-likeness (QED) is 0.882. The van der Waals surface area contributed by atoms with Crippen LogP contribution in [0.1, 0.15) is 4.88 Å². The summed E-state index contributed by atoms with van der Waals surface area (Å²) in [5, 5.41) is 4.43. The summed E-state index contributed by atoms with van der Waals surface area (Å²) in [5.74, 6) is 1.08. The standard InChI is InChI=1S/C13H15N3S/c1-16(2)10-5-3-9(4-6-10)13-15-12-11(17-13)7-8-14-12/h3-6,14H,7-8H2,1-2H3. The van der Waals surface area contributed by atoms with Gasteiger partial charge in [0.15, 0.2) is 0 Å². The zero-order valence-electron chi connectivity index (χ0n) is 10.0. The van der Waals surface area contributed by atoms with Gasteiger partial charge in [-0.3, -0.25) is 0 Å². The maximum Gasteiger partial charge on any atom is 0.141 e. The molecule has 0 spiro atoms. The molecule has 1 aliphatic heterocycles. The Bertz CT molecular complexity index is 507. The summed E-state index contributed by atoms with van der Waals surface area (Å²) in [7, 11) is 4.10. The minimum Gasteiger partial charge on any atom is -0.378 e. The van der Waals surface area contributed by atoms with Crippen LogP contribution in [0.3, 0.4) is 0 Å². The van der Waals surface area contributed by atoms with E-state index in [1.54, 1.807) is 11.3 Å². The summed E-state index contributed by atoms with van der Waals surface area (Å²) < 4.78 is 0. The van der Waals surface area contributed by atoms with E-state index in [2.05, 4.69) is 53.6 Å². The number of benzene rings is 1. The van der Waals surface area contributed by atoms with Crippen LogP contribution in [0.4, 0.5) is 11.5 Å². The molecule has 0 fully saturated rings. The fourth-order valence-corrected chi connectivity index (χ4v) is 3.02. The van der Waals surface area contributed by atoms with Crippen LogP contribution < -0.4 is 10.2 Å². The zero-order valence-corrected chi connectivity index (χ0v) is 10.8. The molecule has 3 nitrogen and oxygen atoms in total. The molecular weight excluding hydrogens is 230 g/mol. The van der Waals surface area contributed by atoms with Crippen LogP contribution in [0.15, 0.2) is 24.3 Å². The molecule has 2 heterocycles. The Morgan fingerprint density at radius 1 is 1.24 bits per heavy atom. The van der Waals surface area contributed by atoms with Crippen molar-refractivity contribution in [3.8, 4) is 10.6 Å². The number of fused-ring (bicyclic) bond motifs is 1. The van der Waals surface area contributed by atoms with Crippen LogP contribution in [-0.2, 0) is 6.42 Å². The van der Waals surface area contributed by atoms with Crippen molar-refractivity contribution in [2.45, 2.75) is 6.42 Å². The van der Waals surface area contributed by atoms with Crippen molar-refractivity contribution in [1.29, 1.82) is 0 Å². The second kappa shape index (κ2) is 4.04. The SMILES string of the molecule is CN(C)c1ccc(-c2nc3c(s2)CCN3)cc1. The molecule has 1 aliphatic rings. The minimum absolute atomic E-state index is 1.04. The van der Waals surface area contributed by atoms with E-state index in [-0.39, 0.29) is 0 Å². The number of nitrogens with zero attached hydrogens (tertiary/aromatic N) is 2. The molecular formula is C13H15N3S. The van der Waals surface area contributed by atoms with Gasteiger partial charge in [0.1, 0.15) is 10.8 Å². The molecule has 0 saturated heterocycles. The molecule has 1 N–H and O–H groups in total. The molecule has 0 aliphatic carbocycles. The molecule has 2 aromatic rings. The summed E-state index contributed by atoms with van der Waals surface area (Å²) in [6, 6.07) is 8.55. The highest BCUT2D eigenvalue weighted by Gasteiger charge is 2.16. The smallest absolute Gasteiger partial charge is 0.141 e. The summed E-state index contributed by atoms with van der Waals surface area (Å²) in [6.45, 7) is 1.04. The van der Waals surface area contributed by atoms with Crippen LogP contribution >= 0.6 is 11.3 Å². The van der Waals surface area contributed by atoms with Crippen LogP contribution in [0.2, 0.25) is 0 Å². The van der Waals surface area contributed by atoms with Gasteiger partial charge in [0.25, 0.3) is 0 Å². The molecule has 1 aromatic carbocycles. The summed E-state index contributed by atoms with van der Waals surface area (Å²) in [4.78, 5) is 8.12. The van der Waals surface area contributed by atoms with Crippen LogP contribution in [0.5, 0.6) is 0 Å². The topological polar surface area (TPSA) is 28.2 Å². The highest BCUT2D eigenvalue weighted by atomic mass is 32.1. The third kappa shape index (κ3) is 1.89. The van der Waals surface area contributed by atoms with E-state index in [0.29, 0.717) is 0 Å². The molecule has 3 rings (SSSR count). The fraction of sp³-hybridized carbons (Fsp3) is 0.308. The average molecular weight is 245 g/mol. The second-order valence-electron chi connectivity index (χ2n) is 4.41. The van der Waals surface area contributed by atoms with Gasteiger partial charge in [-0.2, -0.15) is 0 Å². The van der Waals surface area contributed by atoms with Crippen LogP contribution in [0, 0.1) is 0 Å². The van der Waals surface area contributed by atoms with Gasteiger partial charge in [-0.25, -0.2) is 4.98 Å². The summed E-state index contributed by atoms with van der Waals surface area (Å²) >= 11 is 1.80. The van der Waals surface area contributed by atoms with Crippen LogP contribution in [-0.4, -0.2) is 25.6 Å². The highest BCUT2D eigenvalue weighted by Crippen LogP contribution is 2.34. The molecule has 0 radical (unpaired) electrons. The lowest BCUT2D eigenvalue weighted by molar-refractivity contribution is 1.12. The van der Waals surface area contributed by atoms with Crippen molar-refractivity contribution < 1.29 is 0 Å². The number of nitrogens with one attached hydrogen (secondary N) is 1. The lowest BCUT2D eigenvalue weighted by Gasteiger charge is -2.12. The molecule has 0 amide bonds. The molecule has 0 unspecified atom stereocenters. The van der Waals surface area contributed by atoms with E-state index in [4.69, 9.17) is 0 Å². The Hall–Kier alpha value is -1.55. The largest absolute Gasteiger partial charge is 0.378 e. The monoisotopic (exact) mass is 245 g/mol. The van der Waals surface area contributed by atoms with Gasteiger partial charge in [-0.15, -0.1) is 11.3 Å². The number of hydrogen-bond donors (Lipinski definition) is 1. The Morgan fingerprint density at radius 2 is 2.00 bits per heavy atom. The molecule has 0 atom stereocenters. The number of aromatic nitrogens is 1. The maximum atomic E-state index is 4.63. The molecule has 4 heteroatoms. The fourth-order valence-electron chi connectivity index (χ4n) is 1.98. The van der Waals surface area contributed by atoms with Crippen molar-refractivity contribution in [3.05, 3.63) is 29.1 Å². The Labute approximate surface area is 105 Å². The molecule has 17 heavy (non-hydrogen) atoms. The van der Waals surface area contributed by atoms with Gasteiger partial charge < -0.3 is 10.2 Å². The first-order chi connectivity index (χ1) is 8.24. The van der Waals surface area contributed by atoms with E-state index < -0.39 is 0 Å². The maximum absolute atomic E-state index is 4.63. The van der Waals surface area contributed by atoms with Crippen molar-refractivity contribution in [1.82, 2.24) is 4.98 Å². The van der Waals surface area contributed by atoms with Gasteiger partial charge in [-0.05, 0) is 24.3 Å². The van der Waals surface area contributed by atoms with E-state index in [1.165, 1.54) is 16.1 Å². The van der Waals surface area contributed by atoms with Crippen molar-refractivity contribution in [3.63, 3.8) is 0 Å². The van der Waals surface area contributed by atoms with E-state index in [1.807, 2.05) is 0 Å². The number of rotatable bonds is 2. The lowest BCUT2D eigenvalue weighted by atomic mass is 10.2. The van der Waals surface area contributed by atoms with Gasteiger partial charge in [0.05, 0.1) is 4.88 Å². The summed E-state index contributed by atoms with van der Waals surface area (Å²) in [5.41, 5.74) is 2.42. The highest BCUT2D eigenvalue weighted by molar-refractivity contribution is 7.15. The summed E-state index contributed by atoms with van der Waals surface area (Å²) in [6.07, 6.45) is 1.11. The Kier molecular flexibility index (Phi) is 2.52. The molecule has 0 bridgehead atoms. The third-order valence-electron chi connectivity index (χ3n) is 2.97. The first-order valence-corrected chi connectivity index (χ1v) is 6.57. The van der Waals surface area contributed by atoms with Crippen molar-refractivity contribution in [2.24, 2.45) is 0 Å². The van der Waals surface area contributed by atoms with Gasteiger partial charge in [-0.1, -0.05) is 0 Å². The Morgan fingerprint density at radius 3 is 2.65 bits per heavy atom. The number of thiazole rings is 1. The first kappa shape index (κ1) is 10.6. The van der Waals surface area contributed by atoms with E-state index in [9.17, 15) is 0 Å². The lowest BCUT2D eigenvalue weighted by Crippen LogP contribution is -2.07. The zero-order chi connectivity index (χ0) is 11.8. The van der Waals surface area contributed by atoms with Gasteiger partial charge in [0, 0.05) is 38.3 Å². The van der Waals surface area contributed by atoms with E-state index in [0.717, 1.165) is 23.8 Å². The predicted octanol–water partition coefficient (Wildman–Crippen LogP) is 2.84.